The Morgan fingerprint density at radius 1 is 1.31 bits per heavy atom. The molecule has 1 rings (SSSR count). The highest BCUT2D eigenvalue weighted by Gasteiger charge is 2.10. The van der Waals surface area contributed by atoms with Crippen molar-refractivity contribution in [3.05, 3.63) is 24.0 Å². The number of aryl methyl sites for hydroxylation is 1. The Morgan fingerprint density at radius 3 is 2.46 bits per heavy atom. The van der Waals surface area contributed by atoms with Crippen molar-refractivity contribution >= 4 is 0 Å². The third kappa shape index (κ3) is 3.92. The van der Waals surface area contributed by atoms with Gasteiger partial charge in [0.25, 0.3) is 0 Å². The molecule has 0 aliphatic heterocycles. The number of pyridine rings is 1. The lowest BCUT2D eigenvalue weighted by molar-refractivity contribution is 0.197. The summed E-state index contributed by atoms with van der Waals surface area (Å²) in [4.78, 5) is 4.15. The molecule has 1 aromatic rings. The fourth-order valence-electron chi connectivity index (χ4n) is 0.839. The molecule has 13 heavy (non-hydrogen) atoms. The topological polar surface area (TPSA) is 22.1 Å². The van der Waals surface area contributed by atoms with Crippen LogP contribution in [-0.4, -0.2) is 11.6 Å². The van der Waals surface area contributed by atoms with E-state index in [2.05, 4.69) is 25.8 Å². The van der Waals surface area contributed by atoms with Gasteiger partial charge in [0.1, 0.15) is 5.75 Å². The smallest absolute Gasteiger partial charge is 0.137 e. The van der Waals surface area contributed by atoms with Crippen molar-refractivity contribution in [2.45, 2.75) is 27.7 Å². The summed E-state index contributed by atoms with van der Waals surface area (Å²) in [5, 5.41) is 0. The molecular weight excluding hydrogens is 162 g/mol. The Balaban J connectivity index is 2.51. The zero-order valence-corrected chi connectivity index (χ0v) is 8.79. The minimum Gasteiger partial charge on any atom is -0.491 e. The molecule has 2 nitrogen and oxygen atoms in total. The maximum Gasteiger partial charge on any atom is 0.137 e. The van der Waals surface area contributed by atoms with E-state index in [-0.39, 0.29) is 5.41 Å². The third-order valence-corrected chi connectivity index (χ3v) is 1.56. The molecule has 0 atom stereocenters. The molecule has 0 saturated carbocycles. The van der Waals surface area contributed by atoms with Crippen LogP contribution in [0.4, 0.5) is 0 Å². The normalized spacial score (nSPS) is 11.4. The summed E-state index contributed by atoms with van der Waals surface area (Å²) in [6, 6.07) is 3.91. The van der Waals surface area contributed by atoms with Crippen molar-refractivity contribution in [3.8, 4) is 5.75 Å². The molecule has 0 radical (unpaired) electrons. The first kappa shape index (κ1) is 10.0. The van der Waals surface area contributed by atoms with Crippen LogP contribution in [0.3, 0.4) is 0 Å². The van der Waals surface area contributed by atoms with E-state index < -0.39 is 0 Å². The highest BCUT2D eigenvalue weighted by Crippen LogP contribution is 2.16. The second-order valence-electron chi connectivity index (χ2n) is 4.48. The van der Waals surface area contributed by atoms with Crippen LogP contribution in [-0.2, 0) is 0 Å². The summed E-state index contributed by atoms with van der Waals surface area (Å²) in [6.45, 7) is 9.13. The lowest BCUT2D eigenvalue weighted by Crippen LogP contribution is -2.16. The average Bonchev–Trinajstić information content (AvgIpc) is 2.02. The number of hydrogen-bond donors (Lipinski definition) is 0. The molecule has 0 unspecified atom stereocenters. The van der Waals surface area contributed by atoms with E-state index >= 15 is 0 Å². The molecule has 1 aromatic heterocycles. The molecule has 0 fully saturated rings. The van der Waals surface area contributed by atoms with E-state index in [1.807, 2.05) is 19.1 Å². The van der Waals surface area contributed by atoms with Crippen LogP contribution in [0.25, 0.3) is 0 Å². The number of rotatable bonds is 2. The maximum absolute atomic E-state index is 5.56. The fourth-order valence-corrected chi connectivity index (χ4v) is 0.839. The zero-order chi connectivity index (χ0) is 9.90. The van der Waals surface area contributed by atoms with Crippen LogP contribution in [0.15, 0.2) is 18.3 Å². The molecule has 0 aromatic carbocycles. The Hall–Kier alpha value is -1.05. The zero-order valence-electron chi connectivity index (χ0n) is 8.79. The third-order valence-electron chi connectivity index (χ3n) is 1.56. The molecule has 0 N–H and O–H groups in total. The van der Waals surface area contributed by atoms with Crippen molar-refractivity contribution in [2.24, 2.45) is 5.41 Å². The lowest BCUT2D eigenvalue weighted by Gasteiger charge is -2.18. The van der Waals surface area contributed by atoms with Crippen LogP contribution in [0, 0.1) is 12.3 Å². The molecule has 0 saturated heterocycles. The molecule has 2 heteroatoms. The van der Waals surface area contributed by atoms with Gasteiger partial charge in [-0.2, -0.15) is 0 Å². The highest BCUT2D eigenvalue weighted by atomic mass is 16.5. The number of hydrogen-bond acceptors (Lipinski definition) is 2. The van der Waals surface area contributed by atoms with Gasteiger partial charge < -0.3 is 4.74 Å². The van der Waals surface area contributed by atoms with Gasteiger partial charge in [0, 0.05) is 5.69 Å². The quantitative estimate of drug-likeness (QED) is 0.696. The first-order chi connectivity index (χ1) is 5.97. The summed E-state index contributed by atoms with van der Waals surface area (Å²) in [7, 11) is 0. The van der Waals surface area contributed by atoms with Crippen molar-refractivity contribution < 1.29 is 4.74 Å². The molecule has 0 aliphatic carbocycles. The minimum absolute atomic E-state index is 0.199. The fraction of sp³-hybridized carbons (Fsp3) is 0.545. The van der Waals surface area contributed by atoms with E-state index in [4.69, 9.17) is 4.74 Å². The van der Waals surface area contributed by atoms with Crippen molar-refractivity contribution in [1.82, 2.24) is 4.98 Å². The second-order valence-corrected chi connectivity index (χ2v) is 4.48. The SMILES string of the molecule is Cc1ccc(OCC(C)(C)C)cn1. The summed E-state index contributed by atoms with van der Waals surface area (Å²) < 4.78 is 5.56. The summed E-state index contributed by atoms with van der Waals surface area (Å²) in [5.41, 5.74) is 1.22. The van der Waals surface area contributed by atoms with Crippen molar-refractivity contribution in [2.75, 3.05) is 6.61 Å². The summed E-state index contributed by atoms with van der Waals surface area (Å²) in [6.07, 6.45) is 1.76. The van der Waals surface area contributed by atoms with Crippen LogP contribution in [0.2, 0.25) is 0 Å². The molecular formula is C11H17NO. The van der Waals surface area contributed by atoms with Gasteiger partial charge in [-0.25, -0.2) is 0 Å². The van der Waals surface area contributed by atoms with E-state index in [9.17, 15) is 0 Å². The van der Waals surface area contributed by atoms with Gasteiger partial charge in [0.05, 0.1) is 12.8 Å². The minimum atomic E-state index is 0.199. The van der Waals surface area contributed by atoms with E-state index in [0.29, 0.717) is 0 Å². The number of aromatic nitrogens is 1. The second kappa shape index (κ2) is 3.77. The van der Waals surface area contributed by atoms with Gasteiger partial charge in [-0.1, -0.05) is 20.8 Å². The largest absolute Gasteiger partial charge is 0.491 e. The van der Waals surface area contributed by atoms with E-state index in [1.54, 1.807) is 6.20 Å². The van der Waals surface area contributed by atoms with Crippen LogP contribution in [0.5, 0.6) is 5.75 Å². The first-order valence-corrected chi connectivity index (χ1v) is 4.53. The molecule has 0 aliphatic rings. The molecule has 0 amide bonds. The van der Waals surface area contributed by atoms with Crippen LogP contribution in [0.1, 0.15) is 26.5 Å². The molecule has 0 bridgehead atoms. The van der Waals surface area contributed by atoms with Gasteiger partial charge in [-0.3, -0.25) is 4.98 Å². The first-order valence-electron chi connectivity index (χ1n) is 4.53. The number of nitrogens with zero attached hydrogens (tertiary/aromatic N) is 1. The lowest BCUT2D eigenvalue weighted by atomic mass is 9.99. The summed E-state index contributed by atoms with van der Waals surface area (Å²) in [5.74, 6) is 0.848. The van der Waals surface area contributed by atoms with Crippen molar-refractivity contribution in [1.29, 1.82) is 0 Å². The van der Waals surface area contributed by atoms with Gasteiger partial charge in [0.2, 0.25) is 0 Å². The Bertz CT molecular complexity index is 258. The molecule has 0 spiro atoms. The predicted molar refractivity (Wildman–Crippen MR) is 53.9 cm³/mol. The Labute approximate surface area is 80.0 Å². The summed E-state index contributed by atoms with van der Waals surface area (Å²) >= 11 is 0. The van der Waals surface area contributed by atoms with E-state index in [0.717, 1.165) is 18.1 Å². The highest BCUT2D eigenvalue weighted by molar-refractivity contribution is 5.19. The molecule has 72 valence electrons. The number of ether oxygens (including phenoxy) is 1. The molecule has 1 heterocycles. The van der Waals surface area contributed by atoms with Gasteiger partial charge >= 0.3 is 0 Å². The van der Waals surface area contributed by atoms with Gasteiger partial charge in [0.15, 0.2) is 0 Å². The van der Waals surface area contributed by atoms with Gasteiger partial charge in [-0.05, 0) is 24.5 Å². The standard InChI is InChI=1S/C11H17NO/c1-9-5-6-10(7-12-9)13-8-11(2,3)4/h5-7H,8H2,1-4H3. The van der Waals surface area contributed by atoms with E-state index in [1.165, 1.54) is 0 Å². The van der Waals surface area contributed by atoms with Gasteiger partial charge in [-0.15, -0.1) is 0 Å². The maximum atomic E-state index is 5.56. The van der Waals surface area contributed by atoms with Crippen LogP contribution < -0.4 is 4.74 Å². The predicted octanol–water partition coefficient (Wildman–Crippen LogP) is 2.81. The average molecular weight is 179 g/mol. The Morgan fingerprint density at radius 2 is 2.00 bits per heavy atom. The van der Waals surface area contributed by atoms with Crippen LogP contribution >= 0.6 is 0 Å². The monoisotopic (exact) mass is 179 g/mol. The Kier molecular flexibility index (Phi) is 2.91. The van der Waals surface area contributed by atoms with Crippen molar-refractivity contribution in [3.63, 3.8) is 0 Å².